The second-order valence-corrected chi connectivity index (χ2v) is 4.74. The first-order valence-corrected chi connectivity index (χ1v) is 6.37. The normalized spacial score (nSPS) is 16.7. The zero-order valence-electron chi connectivity index (χ0n) is 11.4. The van der Waals surface area contributed by atoms with Gasteiger partial charge in [0.25, 0.3) is 0 Å². The summed E-state index contributed by atoms with van der Waals surface area (Å²) in [4.78, 5) is 13.5. The lowest BCUT2D eigenvalue weighted by Gasteiger charge is -2.30. The minimum absolute atomic E-state index is 0.0000849. The first kappa shape index (κ1) is 15.7. The van der Waals surface area contributed by atoms with Crippen molar-refractivity contribution in [3.8, 4) is 0 Å². The summed E-state index contributed by atoms with van der Waals surface area (Å²) in [5, 5.41) is 6.67. The number of halogens is 3. The first-order chi connectivity index (χ1) is 9.84. The van der Waals surface area contributed by atoms with E-state index in [1.54, 1.807) is 0 Å². The largest absolute Gasteiger partial charge is 0.451 e. The number of hydrogen-bond donors (Lipinski definition) is 1. The molecule has 1 aliphatic heterocycles. The highest BCUT2D eigenvalue weighted by Gasteiger charge is 2.40. The van der Waals surface area contributed by atoms with Gasteiger partial charge in [-0.1, -0.05) is 0 Å². The average Bonchev–Trinajstić information content (AvgIpc) is 2.86. The van der Waals surface area contributed by atoms with Crippen LogP contribution in [0.3, 0.4) is 0 Å². The topological polar surface area (TPSA) is 86.3 Å². The van der Waals surface area contributed by atoms with Crippen LogP contribution in [0.4, 0.5) is 13.2 Å². The number of carbonyl (C=O) groups excluding carboxylic acids is 1. The standard InChI is InChI=1S/C11H16F3N5O2/c1-21-5-2-7(15)9(20)18-3-4-19-8(6-18)16-17-10(19)11(12,13)14/h7H,2-6,15H2,1H3. The summed E-state index contributed by atoms with van der Waals surface area (Å²) < 4.78 is 43.9. The van der Waals surface area contributed by atoms with Crippen molar-refractivity contribution in [1.82, 2.24) is 19.7 Å². The molecule has 2 heterocycles. The molecular weight excluding hydrogens is 291 g/mol. The van der Waals surface area contributed by atoms with E-state index in [0.29, 0.717) is 13.0 Å². The highest BCUT2D eigenvalue weighted by molar-refractivity contribution is 5.81. The van der Waals surface area contributed by atoms with E-state index in [1.807, 2.05) is 0 Å². The maximum absolute atomic E-state index is 12.7. The molecule has 0 radical (unpaired) electrons. The van der Waals surface area contributed by atoms with E-state index in [-0.39, 0.29) is 31.4 Å². The fourth-order valence-corrected chi connectivity index (χ4v) is 2.16. The molecule has 1 amide bonds. The number of alkyl halides is 3. The first-order valence-electron chi connectivity index (χ1n) is 6.37. The molecule has 10 heteroatoms. The number of rotatable bonds is 4. The second-order valence-electron chi connectivity index (χ2n) is 4.74. The van der Waals surface area contributed by atoms with Crippen molar-refractivity contribution in [1.29, 1.82) is 0 Å². The average molecular weight is 307 g/mol. The minimum atomic E-state index is -4.55. The van der Waals surface area contributed by atoms with Gasteiger partial charge in [-0.3, -0.25) is 4.79 Å². The molecule has 0 spiro atoms. The van der Waals surface area contributed by atoms with Gasteiger partial charge in [-0.15, -0.1) is 10.2 Å². The molecule has 1 aromatic rings. The molecule has 7 nitrogen and oxygen atoms in total. The zero-order valence-corrected chi connectivity index (χ0v) is 11.4. The van der Waals surface area contributed by atoms with Gasteiger partial charge in [-0.2, -0.15) is 13.2 Å². The monoisotopic (exact) mass is 307 g/mol. The van der Waals surface area contributed by atoms with Crippen LogP contribution >= 0.6 is 0 Å². The van der Waals surface area contributed by atoms with Crippen LogP contribution in [0.1, 0.15) is 18.1 Å². The zero-order chi connectivity index (χ0) is 15.6. The van der Waals surface area contributed by atoms with Crippen LogP contribution < -0.4 is 5.73 Å². The molecule has 0 saturated heterocycles. The third kappa shape index (κ3) is 3.32. The molecule has 1 aromatic heterocycles. The van der Waals surface area contributed by atoms with Gasteiger partial charge in [0, 0.05) is 26.8 Å². The van der Waals surface area contributed by atoms with Crippen molar-refractivity contribution in [3.05, 3.63) is 11.6 Å². The van der Waals surface area contributed by atoms with Gasteiger partial charge in [-0.05, 0) is 6.42 Å². The molecule has 118 valence electrons. The number of fused-ring (bicyclic) bond motifs is 1. The van der Waals surface area contributed by atoms with Crippen LogP contribution in [-0.2, 0) is 28.8 Å². The Kier molecular flexibility index (Phi) is 4.47. The Morgan fingerprint density at radius 2 is 2.14 bits per heavy atom. The van der Waals surface area contributed by atoms with Gasteiger partial charge < -0.3 is 19.9 Å². The third-order valence-corrected chi connectivity index (χ3v) is 3.27. The molecule has 2 rings (SSSR count). The maximum Gasteiger partial charge on any atom is 0.451 e. The molecule has 0 aliphatic carbocycles. The fraction of sp³-hybridized carbons (Fsp3) is 0.727. The summed E-state index contributed by atoms with van der Waals surface area (Å²) in [7, 11) is 1.50. The Morgan fingerprint density at radius 3 is 2.76 bits per heavy atom. The van der Waals surface area contributed by atoms with Gasteiger partial charge in [0.05, 0.1) is 12.6 Å². The highest BCUT2D eigenvalue weighted by Crippen LogP contribution is 2.29. The Morgan fingerprint density at radius 1 is 1.43 bits per heavy atom. The smallest absolute Gasteiger partial charge is 0.385 e. The molecule has 0 saturated carbocycles. The lowest BCUT2D eigenvalue weighted by molar-refractivity contribution is -0.148. The molecule has 1 unspecified atom stereocenters. The van der Waals surface area contributed by atoms with Crippen molar-refractivity contribution < 1.29 is 22.7 Å². The maximum atomic E-state index is 12.7. The highest BCUT2D eigenvalue weighted by atomic mass is 19.4. The van der Waals surface area contributed by atoms with Crippen LogP contribution in [0, 0.1) is 0 Å². The van der Waals surface area contributed by atoms with Gasteiger partial charge >= 0.3 is 6.18 Å². The summed E-state index contributed by atoms with van der Waals surface area (Å²) in [6.07, 6.45) is -4.20. The lowest BCUT2D eigenvalue weighted by atomic mass is 10.2. The Bertz CT molecular complexity index is 516. The van der Waals surface area contributed by atoms with E-state index < -0.39 is 18.0 Å². The van der Waals surface area contributed by atoms with Crippen molar-refractivity contribution in [3.63, 3.8) is 0 Å². The fourth-order valence-electron chi connectivity index (χ4n) is 2.16. The Labute approximate surface area is 118 Å². The van der Waals surface area contributed by atoms with E-state index in [4.69, 9.17) is 10.5 Å². The second kappa shape index (κ2) is 5.98. The Hall–Kier alpha value is -1.68. The van der Waals surface area contributed by atoms with Gasteiger partial charge in [0.2, 0.25) is 11.7 Å². The van der Waals surface area contributed by atoms with Crippen LogP contribution in [-0.4, -0.2) is 51.9 Å². The predicted molar refractivity (Wildman–Crippen MR) is 64.9 cm³/mol. The Balaban J connectivity index is 2.07. The SMILES string of the molecule is COCCC(N)C(=O)N1CCn2c(nnc2C(F)(F)F)C1. The van der Waals surface area contributed by atoms with Crippen molar-refractivity contribution in [2.75, 3.05) is 20.3 Å². The predicted octanol–water partition coefficient (Wildman–Crippen LogP) is 0.00290. The molecule has 0 aromatic carbocycles. The number of amides is 1. The lowest BCUT2D eigenvalue weighted by Crippen LogP contribution is -2.47. The molecule has 2 N–H and O–H groups in total. The van der Waals surface area contributed by atoms with Crippen LogP contribution in [0.25, 0.3) is 0 Å². The van der Waals surface area contributed by atoms with E-state index in [2.05, 4.69) is 10.2 Å². The van der Waals surface area contributed by atoms with E-state index >= 15 is 0 Å². The number of methoxy groups -OCH3 is 1. The van der Waals surface area contributed by atoms with E-state index in [0.717, 1.165) is 4.57 Å². The molecule has 21 heavy (non-hydrogen) atoms. The summed E-state index contributed by atoms with van der Waals surface area (Å²) in [6.45, 7) is 0.464. The molecule has 1 aliphatic rings. The molecule has 1 atom stereocenters. The summed E-state index contributed by atoms with van der Waals surface area (Å²) in [5.74, 6) is -1.25. The van der Waals surface area contributed by atoms with E-state index in [9.17, 15) is 18.0 Å². The van der Waals surface area contributed by atoms with Crippen molar-refractivity contribution in [2.24, 2.45) is 5.73 Å². The number of nitrogens with zero attached hydrogens (tertiary/aromatic N) is 4. The van der Waals surface area contributed by atoms with Gasteiger partial charge in [0.1, 0.15) is 0 Å². The van der Waals surface area contributed by atoms with E-state index in [1.165, 1.54) is 12.0 Å². The van der Waals surface area contributed by atoms with Crippen molar-refractivity contribution >= 4 is 5.91 Å². The van der Waals surface area contributed by atoms with Crippen LogP contribution in [0.15, 0.2) is 0 Å². The molecule has 0 bridgehead atoms. The number of nitrogens with two attached hydrogens (primary N) is 1. The number of hydrogen-bond acceptors (Lipinski definition) is 5. The minimum Gasteiger partial charge on any atom is -0.385 e. The summed E-state index contributed by atoms with van der Waals surface area (Å²) in [5.41, 5.74) is 5.73. The third-order valence-electron chi connectivity index (χ3n) is 3.27. The molecule has 0 fully saturated rings. The van der Waals surface area contributed by atoms with Gasteiger partial charge in [0.15, 0.2) is 5.82 Å². The number of ether oxygens (including phenoxy) is 1. The van der Waals surface area contributed by atoms with Crippen LogP contribution in [0.5, 0.6) is 0 Å². The van der Waals surface area contributed by atoms with Gasteiger partial charge in [-0.25, -0.2) is 0 Å². The quantitative estimate of drug-likeness (QED) is 0.846. The van der Waals surface area contributed by atoms with Crippen molar-refractivity contribution in [2.45, 2.75) is 31.7 Å². The number of aromatic nitrogens is 3. The summed E-state index contributed by atoms with van der Waals surface area (Å²) >= 11 is 0. The van der Waals surface area contributed by atoms with Crippen LogP contribution in [0.2, 0.25) is 0 Å². The summed E-state index contributed by atoms with van der Waals surface area (Å²) in [6, 6.07) is -0.735. The molecular formula is C11H16F3N5O2. The number of carbonyl (C=O) groups is 1.